The molecule has 1 aromatic rings. The monoisotopic (exact) mass is 231 g/mol. The number of benzene rings is 1. The Balaban J connectivity index is 1.81. The van der Waals surface area contributed by atoms with Crippen LogP contribution in [0.1, 0.15) is 56.6 Å². The Morgan fingerprint density at radius 1 is 1.24 bits per heavy atom. The zero-order chi connectivity index (χ0) is 12.1. The van der Waals surface area contributed by atoms with E-state index in [0.29, 0.717) is 6.04 Å². The Labute approximate surface area is 106 Å². The molecule has 1 aromatic carbocycles. The number of nitrogens with one attached hydrogen (secondary N) is 1. The maximum absolute atomic E-state index is 3.46. The molecule has 0 aromatic heterocycles. The summed E-state index contributed by atoms with van der Waals surface area (Å²) in [5.74, 6) is 0.865. The Morgan fingerprint density at radius 3 is 2.47 bits per heavy atom. The summed E-state index contributed by atoms with van der Waals surface area (Å²) in [6.07, 6.45) is 6.65. The van der Waals surface area contributed by atoms with Gasteiger partial charge in [-0.15, -0.1) is 0 Å². The van der Waals surface area contributed by atoms with Crippen LogP contribution in [0.5, 0.6) is 0 Å². The van der Waals surface area contributed by atoms with Crippen molar-refractivity contribution in [3.05, 3.63) is 35.4 Å². The van der Waals surface area contributed by atoms with Crippen LogP contribution in [0.4, 0.5) is 0 Å². The topological polar surface area (TPSA) is 12.0 Å². The third kappa shape index (κ3) is 3.57. The van der Waals surface area contributed by atoms with Crippen molar-refractivity contribution in [2.24, 2.45) is 0 Å². The van der Waals surface area contributed by atoms with Crippen molar-refractivity contribution in [2.75, 3.05) is 6.54 Å². The van der Waals surface area contributed by atoms with Crippen molar-refractivity contribution in [3.8, 4) is 0 Å². The van der Waals surface area contributed by atoms with Crippen LogP contribution in [0.15, 0.2) is 24.3 Å². The first-order valence-corrected chi connectivity index (χ1v) is 7.12. The van der Waals surface area contributed by atoms with Crippen molar-refractivity contribution in [1.82, 2.24) is 5.32 Å². The zero-order valence-corrected chi connectivity index (χ0v) is 11.2. The quantitative estimate of drug-likeness (QED) is 0.783. The summed E-state index contributed by atoms with van der Waals surface area (Å²) in [5.41, 5.74) is 3.04. The fourth-order valence-corrected chi connectivity index (χ4v) is 2.53. The summed E-state index contributed by atoms with van der Waals surface area (Å²) < 4.78 is 0. The Morgan fingerprint density at radius 2 is 1.94 bits per heavy atom. The normalized spacial score (nSPS) is 17.8. The molecule has 1 aliphatic carbocycles. The van der Waals surface area contributed by atoms with E-state index >= 15 is 0 Å². The van der Waals surface area contributed by atoms with Gasteiger partial charge in [0, 0.05) is 6.04 Å². The van der Waals surface area contributed by atoms with Crippen molar-refractivity contribution in [1.29, 1.82) is 0 Å². The molecule has 0 radical (unpaired) electrons. The van der Waals surface area contributed by atoms with E-state index in [2.05, 4.69) is 43.4 Å². The second kappa shape index (κ2) is 6.20. The summed E-state index contributed by atoms with van der Waals surface area (Å²) in [6, 6.07) is 9.97. The Bertz CT molecular complexity index is 324. The van der Waals surface area contributed by atoms with Gasteiger partial charge in [-0.3, -0.25) is 0 Å². The molecular weight excluding hydrogens is 206 g/mol. The molecule has 1 N–H and O–H groups in total. The lowest BCUT2D eigenvalue weighted by Gasteiger charge is -2.25. The van der Waals surface area contributed by atoms with E-state index in [1.54, 1.807) is 5.56 Å². The van der Waals surface area contributed by atoms with E-state index in [-0.39, 0.29) is 0 Å². The molecule has 1 aliphatic rings. The van der Waals surface area contributed by atoms with E-state index in [1.165, 1.54) is 37.7 Å². The van der Waals surface area contributed by atoms with Gasteiger partial charge in [-0.05, 0) is 56.2 Å². The minimum absolute atomic E-state index is 0.631. The molecule has 1 atom stereocenters. The lowest BCUT2D eigenvalue weighted by atomic mass is 9.80. The summed E-state index contributed by atoms with van der Waals surface area (Å²) in [6.45, 7) is 5.51. The molecular formula is C16H25N. The third-order valence-corrected chi connectivity index (χ3v) is 3.97. The van der Waals surface area contributed by atoms with Gasteiger partial charge in [0.1, 0.15) is 0 Å². The molecule has 0 spiro atoms. The van der Waals surface area contributed by atoms with Crippen LogP contribution in [-0.4, -0.2) is 12.6 Å². The summed E-state index contributed by atoms with van der Waals surface area (Å²) in [4.78, 5) is 0. The van der Waals surface area contributed by atoms with E-state index in [0.717, 1.165) is 12.5 Å². The van der Waals surface area contributed by atoms with Crippen LogP contribution in [0.2, 0.25) is 0 Å². The van der Waals surface area contributed by atoms with Crippen LogP contribution >= 0.6 is 0 Å². The average molecular weight is 231 g/mol. The number of aryl methyl sites for hydroxylation is 1. The smallest absolute Gasteiger partial charge is 0.00417 e. The van der Waals surface area contributed by atoms with Gasteiger partial charge in [0.25, 0.3) is 0 Å². The highest BCUT2D eigenvalue weighted by molar-refractivity contribution is 5.26. The largest absolute Gasteiger partial charge is 0.315 e. The molecule has 0 aliphatic heterocycles. The average Bonchev–Trinajstić information content (AvgIpc) is 2.26. The van der Waals surface area contributed by atoms with Crippen LogP contribution in [0.3, 0.4) is 0 Å². The molecule has 0 saturated heterocycles. The lowest BCUT2D eigenvalue weighted by Crippen LogP contribution is -2.25. The van der Waals surface area contributed by atoms with Crippen LogP contribution < -0.4 is 5.32 Å². The van der Waals surface area contributed by atoms with Gasteiger partial charge in [-0.2, -0.15) is 0 Å². The predicted molar refractivity (Wildman–Crippen MR) is 74.5 cm³/mol. The molecule has 0 amide bonds. The molecule has 1 nitrogen and oxygen atoms in total. The Hall–Kier alpha value is -0.820. The number of hydrogen-bond acceptors (Lipinski definition) is 1. The molecule has 0 heterocycles. The second-order valence-corrected chi connectivity index (χ2v) is 5.37. The number of rotatable bonds is 6. The highest BCUT2D eigenvalue weighted by Crippen LogP contribution is 2.36. The SMILES string of the molecule is CCNC(C)CCc1ccc(C2CCC2)cc1. The van der Waals surface area contributed by atoms with Gasteiger partial charge < -0.3 is 5.32 Å². The Kier molecular flexibility index (Phi) is 4.61. The van der Waals surface area contributed by atoms with Gasteiger partial charge in [0.05, 0.1) is 0 Å². The first-order valence-electron chi connectivity index (χ1n) is 7.12. The molecule has 1 heteroatoms. The van der Waals surface area contributed by atoms with Gasteiger partial charge in [0.2, 0.25) is 0 Å². The van der Waals surface area contributed by atoms with Gasteiger partial charge in [0.15, 0.2) is 0 Å². The first kappa shape index (κ1) is 12.6. The molecule has 17 heavy (non-hydrogen) atoms. The van der Waals surface area contributed by atoms with E-state index in [1.807, 2.05) is 0 Å². The molecule has 1 saturated carbocycles. The van der Waals surface area contributed by atoms with Gasteiger partial charge in [-0.1, -0.05) is 37.6 Å². The standard InChI is InChI=1S/C16H25N/c1-3-17-13(2)7-8-14-9-11-16(12-10-14)15-5-4-6-15/h9-13,15,17H,3-8H2,1-2H3. The zero-order valence-electron chi connectivity index (χ0n) is 11.2. The van der Waals surface area contributed by atoms with Gasteiger partial charge >= 0.3 is 0 Å². The van der Waals surface area contributed by atoms with E-state index < -0.39 is 0 Å². The lowest BCUT2D eigenvalue weighted by molar-refractivity contribution is 0.419. The van der Waals surface area contributed by atoms with Crippen LogP contribution in [0, 0.1) is 0 Å². The maximum atomic E-state index is 3.46. The third-order valence-electron chi connectivity index (χ3n) is 3.97. The van der Waals surface area contributed by atoms with Crippen molar-refractivity contribution < 1.29 is 0 Å². The van der Waals surface area contributed by atoms with Crippen molar-refractivity contribution in [3.63, 3.8) is 0 Å². The molecule has 0 bridgehead atoms. The van der Waals surface area contributed by atoms with Crippen molar-refractivity contribution in [2.45, 2.75) is 57.9 Å². The van der Waals surface area contributed by atoms with Crippen LogP contribution in [0.25, 0.3) is 0 Å². The minimum atomic E-state index is 0.631. The van der Waals surface area contributed by atoms with Crippen molar-refractivity contribution >= 4 is 0 Å². The highest BCUT2D eigenvalue weighted by atomic mass is 14.9. The van der Waals surface area contributed by atoms with Gasteiger partial charge in [-0.25, -0.2) is 0 Å². The second-order valence-electron chi connectivity index (χ2n) is 5.37. The molecule has 1 fully saturated rings. The van der Waals surface area contributed by atoms with E-state index in [4.69, 9.17) is 0 Å². The molecule has 94 valence electrons. The molecule has 1 unspecified atom stereocenters. The molecule has 2 rings (SSSR count). The minimum Gasteiger partial charge on any atom is -0.315 e. The van der Waals surface area contributed by atoms with Crippen LogP contribution in [-0.2, 0) is 6.42 Å². The highest BCUT2D eigenvalue weighted by Gasteiger charge is 2.18. The predicted octanol–water partition coefficient (Wildman–Crippen LogP) is 3.88. The fraction of sp³-hybridized carbons (Fsp3) is 0.625. The fourth-order valence-electron chi connectivity index (χ4n) is 2.53. The summed E-state index contributed by atoms with van der Waals surface area (Å²) >= 11 is 0. The first-order chi connectivity index (χ1) is 8.29. The van der Waals surface area contributed by atoms with E-state index in [9.17, 15) is 0 Å². The summed E-state index contributed by atoms with van der Waals surface area (Å²) in [7, 11) is 0. The summed E-state index contributed by atoms with van der Waals surface area (Å²) in [5, 5.41) is 3.46. The number of hydrogen-bond donors (Lipinski definition) is 1. The maximum Gasteiger partial charge on any atom is 0.00417 e.